The van der Waals surface area contributed by atoms with Gasteiger partial charge in [0.05, 0.1) is 6.07 Å². The summed E-state index contributed by atoms with van der Waals surface area (Å²) in [4.78, 5) is 1.13. The van der Waals surface area contributed by atoms with Gasteiger partial charge in [0.25, 0.3) is 0 Å². The van der Waals surface area contributed by atoms with E-state index in [0.29, 0.717) is 0 Å². The molecule has 0 amide bonds. The number of thioether (sulfide) groups is 1. The molecule has 1 atom stereocenters. The molecule has 1 heterocycles. The maximum Gasteiger partial charge on any atom is 0.152 e. The predicted molar refractivity (Wildman–Crippen MR) is 79.1 cm³/mol. The van der Waals surface area contributed by atoms with Gasteiger partial charge in [0.15, 0.2) is 5.54 Å². The van der Waals surface area contributed by atoms with E-state index in [0.717, 1.165) is 28.3 Å². The van der Waals surface area contributed by atoms with Crippen molar-refractivity contribution in [1.29, 1.82) is 5.26 Å². The number of nitrogens with zero attached hydrogens (tertiary/aromatic N) is 1. The fourth-order valence-corrected chi connectivity index (χ4v) is 3.65. The molecule has 0 fully saturated rings. The smallest absolute Gasteiger partial charge is 0.152 e. The van der Waals surface area contributed by atoms with Gasteiger partial charge in [0, 0.05) is 21.9 Å². The van der Waals surface area contributed by atoms with Crippen LogP contribution in [0.25, 0.3) is 0 Å². The van der Waals surface area contributed by atoms with Gasteiger partial charge < -0.3 is 5.32 Å². The summed E-state index contributed by atoms with van der Waals surface area (Å²) in [7, 11) is 0. The first-order valence-corrected chi connectivity index (χ1v) is 7.39. The monoisotopic (exact) mass is 284 g/mol. The van der Waals surface area contributed by atoms with E-state index in [1.54, 1.807) is 23.9 Å². The summed E-state index contributed by atoms with van der Waals surface area (Å²) < 4.78 is 13.0. The summed E-state index contributed by atoms with van der Waals surface area (Å²) in [6.45, 7) is 0. The Bertz CT molecular complexity index is 663. The fraction of sp³-hybridized carbons (Fsp3) is 0.188. The molecular weight excluding hydrogens is 271 g/mol. The zero-order chi connectivity index (χ0) is 14.0. The minimum absolute atomic E-state index is 0.277. The van der Waals surface area contributed by atoms with Gasteiger partial charge >= 0.3 is 0 Å². The highest BCUT2D eigenvalue weighted by atomic mass is 32.2. The Balaban J connectivity index is 2.01. The second-order valence-electron chi connectivity index (χ2n) is 4.74. The lowest BCUT2D eigenvalue weighted by Crippen LogP contribution is -2.37. The second-order valence-corrected chi connectivity index (χ2v) is 5.88. The van der Waals surface area contributed by atoms with Gasteiger partial charge in [-0.2, -0.15) is 5.26 Å². The first kappa shape index (κ1) is 13.0. The fourth-order valence-electron chi connectivity index (χ4n) is 2.45. The molecule has 0 spiro atoms. The van der Waals surface area contributed by atoms with E-state index in [-0.39, 0.29) is 5.82 Å². The van der Waals surface area contributed by atoms with Gasteiger partial charge in [0.2, 0.25) is 0 Å². The molecule has 0 aliphatic carbocycles. The Kier molecular flexibility index (Phi) is 3.37. The average molecular weight is 284 g/mol. The lowest BCUT2D eigenvalue weighted by Gasteiger charge is -2.34. The van der Waals surface area contributed by atoms with Crippen molar-refractivity contribution in [3.05, 3.63) is 59.9 Å². The molecule has 20 heavy (non-hydrogen) atoms. The first-order chi connectivity index (χ1) is 9.73. The average Bonchev–Trinajstić information content (AvgIpc) is 2.50. The molecule has 1 aliphatic rings. The lowest BCUT2D eigenvalue weighted by atomic mass is 9.87. The maximum atomic E-state index is 13.0. The van der Waals surface area contributed by atoms with Gasteiger partial charge in [-0.25, -0.2) is 4.39 Å². The third kappa shape index (κ3) is 2.25. The Labute approximate surface area is 121 Å². The van der Waals surface area contributed by atoms with Crippen LogP contribution in [0.5, 0.6) is 0 Å². The van der Waals surface area contributed by atoms with Gasteiger partial charge in [-0.3, -0.25) is 0 Å². The standard InChI is InChI=1S/C16H13FN2S/c17-12-5-7-13(8-6-12)19-16(11-18)9-10-20-15-4-2-1-3-14(15)16/h1-8,19H,9-10H2. The second kappa shape index (κ2) is 5.18. The van der Waals surface area contributed by atoms with Crippen LogP contribution in [0.2, 0.25) is 0 Å². The minimum atomic E-state index is -0.736. The van der Waals surface area contributed by atoms with E-state index >= 15 is 0 Å². The molecule has 3 rings (SSSR count). The van der Waals surface area contributed by atoms with Crippen LogP contribution in [0, 0.1) is 17.1 Å². The summed E-state index contributed by atoms with van der Waals surface area (Å²) >= 11 is 1.77. The molecular formula is C16H13FN2S. The summed E-state index contributed by atoms with van der Waals surface area (Å²) in [6, 6.07) is 16.5. The quantitative estimate of drug-likeness (QED) is 0.899. The number of nitrogens with one attached hydrogen (secondary N) is 1. The summed E-state index contributed by atoms with van der Waals surface area (Å²) in [5.74, 6) is 0.611. The van der Waals surface area contributed by atoms with E-state index in [9.17, 15) is 9.65 Å². The van der Waals surface area contributed by atoms with Crippen LogP contribution in [-0.2, 0) is 5.54 Å². The Morgan fingerprint density at radius 2 is 1.90 bits per heavy atom. The molecule has 0 saturated heterocycles. The molecule has 0 saturated carbocycles. The molecule has 2 nitrogen and oxygen atoms in total. The number of hydrogen-bond acceptors (Lipinski definition) is 3. The highest BCUT2D eigenvalue weighted by Crippen LogP contribution is 2.41. The molecule has 0 radical (unpaired) electrons. The van der Waals surface area contributed by atoms with Gasteiger partial charge in [0.1, 0.15) is 5.82 Å². The summed E-state index contributed by atoms with van der Waals surface area (Å²) in [5, 5.41) is 13.0. The molecule has 2 aromatic rings. The van der Waals surface area contributed by atoms with E-state index in [1.807, 2.05) is 24.3 Å². The van der Waals surface area contributed by atoms with Crippen molar-refractivity contribution in [2.24, 2.45) is 0 Å². The van der Waals surface area contributed by atoms with Crippen molar-refractivity contribution >= 4 is 17.4 Å². The SMILES string of the molecule is N#CC1(Nc2ccc(F)cc2)CCSc2ccccc21. The maximum absolute atomic E-state index is 13.0. The van der Waals surface area contributed by atoms with Crippen LogP contribution >= 0.6 is 11.8 Å². The lowest BCUT2D eigenvalue weighted by molar-refractivity contribution is 0.588. The molecule has 1 unspecified atom stereocenters. The largest absolute Gasteiger partial charge is 0.364 e. The Hall–Kier alpha value is -1.99. The van der Waals surface area contributed by atoms with Crippen molar-refractivity contribution in [1.82, 2.24) is 0 Å². The molecule has 0 bridgehead atoms. The number of hydrogen-bond donors (Lipinski definition) is 1. The summed E-state index contributed by atoms with van der Waals surface area (Å²) in [6.07, 6.45) is 0.725. The number of halogens is 1. The molecule has 2 aromatic carbocycles. The number of nitriles is 1. The topological polar surface area (TPSA) is 35.8 Å². The minimum Gasteiger partial charge on any atom is -0.364 e. The van der Waals surface area contributed by atoms with Crippen molar-refractivity contribution in [2.45, 2.75) is 16.9 Å². The van der Waals surface area contributed by atoms with Crippen LogP contribution in [0.3, 0.4) is 0 Å². The molecule has 0 aromatic heterocycles. The number of fused-ring (bicyclic) bond motifs is 1. The third-order valence-corrected chi connectivity index (χ3v) is 4.55. The van der Waals surface area contributed by atoms with Crippen LogP contribution < -0.4 is 5.32 Å². The van der Waals surface area contributed by atoms with Crippen LogP contribution in [0.1, 0.15) is 12.0 Å². The summed E-state index contributed by atoms with van der Waals surface area (Å²) in [5.41, 5.74) is 1.03. The molecule has 1 N–H and O–H groups in total. The van der Waals surface area contributed by atoms with E-state index in [2.05, 4.69) is 11.4 Å². The van der Waals surface area contributed by atoms with Crippen molar-refractivity contribution in [3.8, 4) is 6.07 Å². The van der Waals surface area contributed by atoms with Crippen molar-refractivity contribution in [2.75, 3.05) is 11.1 Å². The normalized spacial score (nSPS) is 20.8. The van der Waals surface area contributed by atoms with Crippen LogP contribution in [0.4, 0.5) is 10.1 Å². The van der Waals surface area contributed by atoms with Crippen LogP contribution in [-0.4, -0.2) is 5.75 Å². The van der Waals surface area contributed by atoms with E-state index < -0.39 is 5.54 Å². The molecule has 1 aliphatic heterocycles. The molecule has 4 heteroatoms. The zero-order valence-corrected chi connectivity index (χ0v) is 11.6. The van der Waals surface area contributed by atoms with Crippen molar-refractivity contribution < 1.29 is 4.39 Å². The number of anilines is 1. The van der Waals surface area contributed by atoms with Crippen molar-refractivity contribution in [3.63, 3.8) is 0 Å². The Morgan fingerprint density at radius 3 is 2.65 bits per heavy atom. The Morgan fingerprint density at radius 1 is 1.15 bits per heavy atom. The number of rotatable bonds is 2. The van der Waals surface area contributed by atoms with Gasteiger partial charge in [-0.15, -0.1) is 11.8 Å². The van der Waals surface area contributed by atoms with E-state index in [1.165, 1.54) is 12.1 Å². The van der Waals surface area contributed by atoms with Gasteiger partial charge in [-0.1, -0.05) is 18.2 Å². The zero-order valence-electron chi connectivity index (χ0n) is 10.8. The predicted octanol–water partition coefficient (Wildman–Crippen LogP) is 4.15. The highest BCUT2D eigenvalue weighted by molar-refractivity contribution is 7.99. The van der Waals surface area contributed by atoms with Crippen LogP contribution in [0.15, 0.2) is 53.4 Å². The van der Waals surface area contributed by atoms with Gasteiger partial charge in [-0.05, 0) is 36.8 Å². The first-order valence-electron chi connectivity index (χ1n) is 6.41. The highest BCUT2D eigenvalue weighted by Gasteiger charge is 2.37. The van der Waals surface area contributed by atoms with E-state index in [4.69, 9.17) is 0 Å². The third-order valence-electron chi connectivity index (χ3n) is 3.47. The molecule has 100 valence electrons. The number of benzene rings is 2.